The zero-order chi connectivity index (χ0) is 21.5. The van der Waals surface area contributed by atoms with Crippen LogP contribution in [0.1, 0.15) is 19.4 Å². The van der Waals surface area contributed by atoms with Gasteiger partial charge in [-0.25, -0.2) is 4.39 Å². The lowest BCUT2D eigenvalue weighted by Crippen LogP contribution is -2.52. The molecular weight excluding hydrogens is 508 g/mol. The number of halogens is 2. The minimum Gasteiger partial charge on any atom is -0.368 e. The Morgan fingerprint density at radius 2 is 1.65 bits per heavy atom. The molecular formula is C23H31FIN5O. The molecule has 0 atom stereocenters. The smallest absolute Gasteiger partial charge is 0.226 e. The molecule has 1 saturated heterocycles. The number of hydrogen-bond acceptors (Lipinski definition) is 3. The third-order valence-corrected chi connectivity index (χ3v) is 5.18. The van der Waals surface area contributed by atoms with Crippen molar-refractivity contribution in [3.05, 3.63) is 59.9 Å². The molecule has 0 aliphatic carbocycles. The van der Waals surface area contributed by atoms with E-state index >= 15 is 0 Å². The van der Waals surface area contributed by atoms with Crippen molar-refractivity contribution < 1.29 is 9.18 Å². The molecule has 6 nitrogen and oxygen atoms in total. The van der Waals surface area contributed by atoms with Crippen molar-refractivity contribution in [1.82, 2.24) is 10.2 Å². The van der Waals surface area contributed by atoms with E-state index < -0.39 is 0 Å². The molecule has 2 aromatic rings. The first-order valence-electron chi connectivity index (χ1n) is 10.3. The number of hydrogen-bond donors (Lipinski definition) is 2. The molecule has 1 heterocycles. The standard InChI is InChI=1S/C23H30FN5O.HI/c1-17(2)22(30)27-20-8-4-18(5-9-20)16-26-23(25-3)29-14-12-28(13-15-29)21-10-6-19(24)7-11-21;/h4-11,17H,12-16H2,1-3H3,(H,25,26)(H,27,30);1H. The van der Waals surface area contributed by atoms with Crippen LogP contribution in [0, 0.1) is 11.7 Å². The zero-order valence-corrected chi connectivity index (χ0v) is 20.6. The fraction of sp³-hybridized carbons (Fsp3) is 0.391. The molecule has 2 N–H and O–H groups in total. The largest absolute Gasteiger partial charge is 0.368 e. The molecule has 0 aromatic heterocycles. The van der Waals surface area contributed by atoms with Gasteiger partial charge in [0.1, 0.15) is 5.82 Å². The van der Waals surface area contributed by atoms with E-state index in [0.29, 0.717) is 6.54 Å². The van der Waals surface area contributed by atoms with Gasteiger partial charge in [-0.05, 0) is 42.0 Å². The average molecular weight is 539 g/mol. The van der Waals surface area contributed by atoms with E-state index in [-0.39, 0.29) is 41.6 Å². The van der Waals surface area contributed by atoms with Gasteiger partial charge in [0, 0.05) is 57.1 Å². The molecule has 0 radical (unpaired) electrons. The van der Waals surface area contributed by atoms with Crippen LogP contribution < -0.4 is 15.5 Å². The maximum atomic E-state index is 13.1. The van der Waals surface area contributed by atoms with E-state index in [1.165, 1.54) is 12.1 Å². The quantitative estimate of drug-likeness (QED) is 0.344. The number of rotatable bonds is 5. The number of nitrogens with one attached hydrogen (secondary N) is 2. The van der Waals surface area contributed by atoms with Crippen molar-refractivity contribution in [3.63, 3.8) is 0 Å². The summed E-state index contributed by atoms with van der Waals surface area (Å²) in [4.78, 5) is 20.7. The molecule has 1 aliphatic heterocycles. The van der Waals surface area contributed by atoms with Crippen LogP contribution in [-0.2, 0) is 11.3 Å². The highest BCUT2D eigenvalue weighted by atomic mass is 127. The first-order valence-corrected chi connectivity index (χ1v) is 10.3. The van der Waals surface area contributed by atoms with Crippen LogP contribution in [0.25, 0.3) is 0 Å². The van der Waals surface area contributed by atoms with Gasteiger partial charge in [-0.3, -0.25) is 9.79 Å². The number of carbonyl (C=O) groups excluding carboxylic acids is 1. The van der Waals surface area contributed by atoms with Gasteiger partial charge in [-0.2, -0.15) is 0 Å². The molecule has 8 heteroatoms. The lowest BCUT2D eigenvalue weighted by atomic mass is 10.1. The minimum atomic E-state index is -0.211. The van der Waals surface area contributed by atoms with Gasteiger partial charge < -0.3 is 20.4 Å². The number of benzene rings is 2. The highest BCUT2D eigenvalue weighted by Crippen LogP contribution is 2.17. The second kappa shape index (κ2) is 11.9. The van der Waals surface area contributed by atoms with Gasteiger partial charge in [0.05, 0.1) is 0 Å². The Hall–Kier alpha value is -2.36. The molecule has 0 spiro atoms. The first kappa shape index (κ1) is 24.9. The Morgan fingerprint density at radius 1 is 1.03 bits per heavy atom. The highest BCUT2D eigenvalue weighted by Gasteiger charge is 2.19. The van der Waals surface area contributed by atoms with Crippen LogP contribution >= 0.6 is 24.0 Å². The molecule has 31 heavy (non-hydrogen) atoms. The second-order valence-corrected chi connectivity index (χ2v) is 7.69. The topological polar surface area (TPSA) is 60.0 Å². The van der Waals surface area contributed by atoms with Crippen LogP contribution in [0.15, 0.2) is 53.5 Å². The van der Waals surface area contributed by atoms with E-state index in [1.807, 2.05) is 50.2 Å². The molecule has 3 rings (SSSR count). The summed E-state index contributed by atoms with van der Waals surface area (Å²) in [5, 5.41) is 6.32. The van der Waals surface area contributed by atoms with Crippen LogP contribution in [-0.4, -0.2) is 50.0 Å². The Balaban J connectivity index is 0.00000341. The first-order chi connectivity index (χ1) is 14.5. The number of carbonyl (C=O) groups is 1. The van der Waals surface area contributed by atoms with Crippen molar-refractivity contribution >= 4 is 47.2 Å². The third kappa shape index (κ3) is 7.09. The molecule has 1 amide bonds. The van der Waals surface area contributed by atoms with Gasteiger partial charge in [0.25, 0.3) is 0 Å². The van der Waals surface area contributed by atoms with E-state index in [2.05, 4.69) is 25.4 Å². The van der Waals surface area contributed by atoms with E-state index in [9.17, 15) is 9.18 Å². The Kier molecular flexibility index (Phi) is 9.54. The number of amides is 1. The highest BCUT2D eigenvalue weighted by molar-refractivity contribution is 14.0. The van der Waals surface area contributed by atoms with Gasteiger partial charge in [-0.1, -0.05) is 26.0 Å². The summed E-state index contributed by atoms with van der Waals surface area (Å²) in [6.07, 6.45) is 0. The molecule has 1 aliphatic rings. The molecule has 0 bridgehead atoms. The predicted molar refractivity (Wildman–Crippen MR) is 136 cm³/mol. The molecule has 168 valence electrons. The van der Waals surface area contributed by atoms with Gasteiger partial charge in [-0.15, -0.1) is 24.0 Å². The summed E-state index contributed by atoms with van der Waals surface area (Å²) in [7, 11) is 1.79. The minimum absolute atomic E-state index is 0. The van der Waals surface area contributed by atoms with Crippen molar-refractivity contribution in [2.75, 3.05) is 43.4 Å². The van der Waals surface area contributed by atoms with Crippen LogP contribution in [0.3, 0.4) is 0 Å². The maximum absolute atomic E-state index is 13.1. The predicted octanol–water partition coefficient (Wildman–Crippen LogP) is 3.94. The van der Waals surface area contributed by atoms with E-state index in [0.717, 1.165) is 49.1 Å². The fourth-order valence-corrected chi connectivity index (χ4v) is 3.33. The van der Waals surface area contributed by atoms with Crippen molar-refractivity contribution in [2.24, 2.45) is 10.9 Å². The summed E-state index contributed by atoms with van der Waals surface area (Å²) in [5.74, 6) is 0.627. The molecule has 2 aromatic carbocycles. The van der Waals surface area contributed by atoms with E-state index in [1.54, 1.807) is 7.05 Å². The lowest BCUT2D eigenvalue weighted by molar-refractivity contribution is -0.118. The molecule has 0 unspecified atom stereocenters. The molecule has 1 fully saturated rings. The average Bonchev–Trinajstić information content (AvgIpc) is 2.76. The zero-order valence-electron chi connectivity index (χ0n) is 18.3. The van der Waals surface area contributed by atoms with Crippen molar-refractivity contribution in [3.8, 4) is 0 Å². The molecule has 0 saturated carbocycles. The van der Waals surface area contributed by atoms with Crippen molar-refractivity contribution in [2.45, 2.75) is 20.4 Å². The fourth-order valence-electron chi connectivity index (χ4n) is 3.33. The monoisotopic (exact) mass is 539 g/mol. The number of guanidine groups is 1. The van der Waals surface area contributed by atoms with Crippen LogP contribution in [0.2, 0.25) is 0 Å². The van der Waals surface area contributed by atoms with Gasteiger partial charge in [0.15, 0.2) is 5.96 Å². The van der Waals surface area contributed by atoms with Gasteiger partial charge >= 0.3 is 0 Å². The lowest BCUT2D eigenvalue weighted by Gasteiger charge is -2.37. The Bertz CT molecular complexity index is 863. The summed E-state index contributed by atoms with van der Waals surface area (Å²) in [6, 6.07) is 14.5. The van der Waals surface area contributed by atoms with Crippen molar-refractivity contribution in [1.29, 1.82) is 0 Å². The Morgan fingerprint density at radius 3 is 2.19 bits per heavy atom. The summed E-state index contributed by atoms with van der Waals surface area (Å²) in [6.45, 7) is 7.81. The summed E-state index contributed by atoms with van der Waals surface area (Å²) >= 11 is 0. The van der Waals surface area contributed by atoms with Crippen LogP contribution in [0.5, 0.6) is 0 Å². The Labute approximate surface area is 200 Å². The van der Waals surface area contributed by atoms with Gasteiger partial charge in [0.2, 0.25) is 5.91 Å². The number of nitrogens with zero attached hydrogens (tertiary/aromatic N) is 3. The van der Waals surface area contributed by atoms with E-state index in [4.69, 9.17) is 0 Å². The van der Waals surface area contributed by atoms with Crippen LogP contribution in [0.4, 0.5) is 15.8 Å². The number of anilines is 2. The summed E-state index contributed by atoms with van der Waals surface area (Å²) < 4.78 is 13.1. The normalized spacial score (nSPS) is 14.3. The SMILES string of the molecule is CN=C(NCc1ccc(NC(=O)C(C)C)cc1)N1CCN(c2ccc(F)cc2)CC1.I. The second-order valence-electron chi connectivity index (χ2n) is 7.69. The number of aliphatic imine (C=N–C) groups is 1. The third-order valence-electron chi connectivity index (χ3n) is 5.18. The maximum Gasteiger partial charge on any atom is 0.226 e. The summed E-state index contributed by atoms with van der Waals surface area (Å²) in [5.41, 5.74) is 2.96. The number of piperazine rings is 1.